The van der Waals surface area contributed by atoms with Gasteiger partial charge >= 0.3 is 5.97 Å². The van der Waals surface area contributed by atoms with E-state index in [1.807, 2.05) is 41.5 Å². The minimum Gasteiger partial charge on any atom is -0.466 e. The maximum absolute atomic E-state index is 12.5. The molecule has 0 atom stereocenters. The number of halogens is 1. The Kier molecular flexibility index (Phi) is 6.43. The Hall–Kier alpha value is -1.73. The SMILES string of the molecule is CCOC(=O)C1CCN(C(=O)Cc2csc(-c3cccc(Br)c3)n2)CC1. The number of carbonyl (C=O) groups is 2. The van der Waals surface area contributed by atoms with Crippen molar-refractivity contribution in [3.05, 3.63) is 39.8 Å². The summed E-state index contributed by atoms with van der Waals surface area (Å²) in [5.41, 5.74) is 1.83. The van der Waals surface area contributed by atoms with E-state index in [9.17, 15) is 9.59 Å². The first-order chi connectivity index (χ1) is 12.6. The number of likely N-dealkylation sites (tertiary alicyclic amines) is 1. The largest absolute Gasteiger partial charge is 0.466 e. The summed E-state index contributed by atoms with van der Waals surface area (Å²) in [6.07, 6.45) is 1.64. The fraction of sp³-hybridized carbons (Fsp3) is 0.421. The quantitative estimate of drug-likeness (QED) is 0.666. The number of amides is 1. The van der Waals surface area contributed by atoms with Crippen molar-refractivity contribution in [1.29, 1.82) is 0 Å². The lowest BCUT2D eigenvalue weighted by Crippen LogP contribution is -2.41. The molecular formula is C19H21BrN2O3S. The molecule has 0 N–H and O–H groups in total. The lowest BCUT2D eigenvalue weighted by atomic mass is 9.97. The van der Waals surface area contributed by atoms with Crippen LogP contribution in [-0.4, -0.2) is 41.5 Å². The smallest absolute Gasteiger partial charge is 0.309 e. The summed E-state index contributed by atoms with van der Waals surface area (Å²) in [5.74, 6) is -0.155. The van der Waals surface area contributed by atoms with Gasteiger partial charge in [-0.15, -0.1) is 11.3 Å². The van der Waals surface area contributed by atoms with Crippen LogP contribution in [0.5, 0.6) is 0 Å². The average molecular weight is 437 g/mol. The number of nitrogens with zero attached hydrogens (tertiary/aromatic N) is 2. The van der Waals surface area contributed by atoms with Gasteiger partial charge in [0, 0.05) is 28.5 Å². The zero-order chi connectivity index (χ0) is 18.5. The number of aromatic nitrogens is 1. The molecule has 138 valence electrons. The molecule has 0 bridgehead atoms. The van der Waals surface area contributed by atoms with E-state index in [1.54, 1.807) is 11.3 Å². The van der Waals surface area contributed by atoms with Gasteiger partial charge in [-0.25, -0.2) is 4.98 Å². The highest BCUT2D eigenvalue weighted by Crippen LogP contribution is 2.27. The number of hydrogen-bond acceptors (Lipinski definition) is 5. The van der Waals surface area contributed by atoms with Crippen molar-refractivity contribution in [2.24, 2.45) is 5.92 Å². The van der Waals surface area contributed by atoms with Gasteiger partial charge in [-0.3, -0.25) is 9.59 Å². The minimum absolute atomic E-state index is 0.0680. The van der Waals surface area contributed by atoms with Gasteiger partial charge in [0.05, 0.1) is 24.6 Å². The molecule has 1 aliphatic heterocycles. The average Bonchev–Trinajstić information content (AvgIpc) is 3.10. The molecule has 26 heavy (non-hydrogen) atoms. The van der Waals surface area contributed by atoms with Gasteiger partial charge in [0.2, 0.25) is 5.91 Å². The second-order valence-corrected chi connectivity index (χ2v) is 8.01. The first-order valence-electron chi connectivity index (χ1n) is 8.71. The highest BCUT2D eigenvalue weighted by atomic mass is 79.9. The van der Waals surface area contributed by atoms with Crippen molar-refractivity contribution in [3.63, 3.8) is 0 Å². The molecule has 5 nitrogen and oxygen atoms in total. The van der Waals surface area contributed by atoms with Crippen LogP contribution in [0.25, 0.3) is 10.6 Å². The van der Waals surface area contributed by atoms with E-state index < -0.39 is 0 Å². The summed E-state index contributed by atoms with van der Waals surface area (Å²) in [5, 5.41) is 2.86. The number of hydrogen-bond donors (Lipinski definition) is 0. The van der Waals surface area contributed by atoms with E-state index in [2.05, 4.69) is 20.9 Å². The van der Waals surface area contributed by atoms with Gasteiger partial charge in [0.15, 0.2) is 0 Å². The van der Waals surface area contributed by atoms with Gasteiger partial charge in [-0.2, -0.15) is 0 Å². The van der Waals surface area contributed by atoms with Crippen molar-refractivity contribution in [1.82, 2.24) is 9.88 Å². The van der Waals surface area contributed by atoms with Crippen molar-refractivity contribution in [2.45, 2.75) is 26.2 Å². The predicted octanol–water partition coefficient (Wildman–Crippen LogP) is 3.92. The number of rotatable bonds is 5. The third-order valence-corrected chi connectivity index (χ3v) is 5.86. The fourth-order valence-electron chi connectivity index (χ4n) is 3.03. The molecule has 0 saturated carbocycles. The van der Waals surface area contributed by atoms with Crippen LogP contribution < -0.4 is 0 Å². The Balaban J connectivity index is 1.55. The summed E-state index contributed by atoms with van der Waals surface area (Å²) >= 11 is 5.01. The molecule has 0 unspecified atom stereocenters. The molecule has 1 amide bonds. The Labute approximate surface area is 165 Å². The molecule has 0 radical (unpaired) electrons. The first kappa shape index (κ1) is 19.0. The number of thiazole rings is 1. The standard InChI is InChI=1S/C19H21BrN2O3S/c1-2-25-19(24)13-6-8-22(9-7-13)17(23)11-16-12-26-18(21-16)14-4-3-5-15(20)10-14/h3-5,10,12-13H,2,6-9,11H2,1H3. The Morgan fingerprint density at radius 2 is 2.12 bits per heavy atom. The van der Waals surface area contributed by atoms with Gasteiger partial charge in [-0.05, 0) is 31.9 Å². The van der Waals surface area contributed by atoms with E-state index >= 15 is 0 Å². The normalized spacial score (nSPS) is 15.1. The number of benzene rings is 1. The number of carbonyl (C=O) groups excluding carboxylic acids is 2. The molecule has 1 aliphatic rings. The molecule has 2 aromatic rings. The first-order valence-corrected chi connectivity index (χ1v) is 10.4. The monoisotopic (exact) mass is 436 g/mol. The Morgan fingerprint density at radius 1 is 1.35 bits per heavy atom. The summed E-state index contributed by atoms with van der Waals surface area (Å²) in [4.78, 5) is 30.8. The molecule has 0 aliphatic carbocycles. The zero-order valence-electron chi connectivity index (χ0n) is 14.6. The Morgan fingerprint density at radius 3 is 2.81 bits per heavy atom. The van der Waals surface area contributed by atoms with Gasteiger partial charge in [0.25, 0.3) is 0 Å². The molecule has 1 saturated heterocycles. The molecule has 1 aromatic heterocycles. The van der Waals surface area contributed by atoms with Crippen LogP contribution in [0.2, 0.25) is 0 Å². The maximum atomic E-state index is 12.5. The van der Waals surface area contributed by atoms with Crippen LogP contribution in [0.1, 0.15) is 25.5 Å². The maximum Gasteiger partial charge on any atom is 0.309 e. The minimum atomic E-state index is -0.141. The van der Waals surface area contributed by atoms with Gasteiger partial charge in [-0.1, -0.05) is 28.1 Å². The van der Waals surface area contributed by atoms with Crippen molar-refractivity contribution < 1.29 is 14.3 Å². The second kappa shape index (κ2) is 8.77. The molecular weight excluding hydrogens is 416 g/mol. The van der Waals surface area contributed by atoms with E-state index in [1.165, 1.54) is 0 Å². The summed E-state index contributed by atoms with van der Waals surface area (Å²) in [6, 6.07) is 7.97. The molecule has 1 fully saturated rings. The highest BCUT2D eigenvalue weighted by Gasteiger charge is 2.28. The van der Waals surface area contributed by atoms with E-state index in [4.69, 9.17) is 4.74 Å². The van der Waals surface area contributed by atoms with E-state index in [0.29, 0.717) is 39.0 Å². The van der Waals surface area contributed by atoms with Crippen LogP contribution in [0, 0.1) is 5.92 Å². The molecule has 3 rings (SSSR count). The number of esters is 1. The topological polar surface area (TPSA) is 59.5 Å². The van der Waals surface area contributed by atoms with Crippen LogP contribution in [0.15, 0.2) is 34.1 Å². The van der Waals surface area contributed by atoms with Crippen LogP contribution in [0.4, 0.5) is 0 Å². The zero-order valence-corrected chi connectivity index (χ0v) is 17.0. The number of ether oxygens (including phenoxy) is 1. The Bertz CT molecular complexity index is 785. The van der Waals surface area contributed by atoms with Crippen LogP contribution >= 0.6 is 27.3 Å². The summed E-state index contributed by atoms with van der Waals surface area (Å²) in [7, 11) is 0. The molecule has 0 spiro atoms. The number of piperidine rings is 1. The van der Waals surface area contributed by atoms with Gasteiger partial charge < -0.3 is 9.64 Å². The van der Waals surface area contributed by atoms with E-state index in [-0.39, 0.29) is 17.8 Å². The van der Waals surface area contributed by atoms with Gasteiger partial charge in [0.1, 0.15) is 5.01 Å². The lowest BCUT2D eigenvalue weighted by Gasteiger charge is -2.30. The van der Waals surface area contributed by atoms with Crippen molar-refractivity contribution >= 4 is 39.1 Å². The predicted molar refractivity (Wildman–Crippen MR) is 105 cm³/mol. The lowest BCUT2D eigenvalue weighted by molar-refractivity contribution is -0.151. The summed E-state index contributed by atoms with van der Waals surface area (Å²) < 4.78 is 6.08. The fourth-order valence-corrected chi connectivity index (χ4v) is 4.25. The van der Waals surface area contributed by atoms with Crippen molar-refractivity contribution in [2.75, 3.05) is 19.7 Å². The van der Waals surface area contributed by atoms with Crippen LogP contribution in [-0.2, 0) is 20.7 Å². The third-order valence-electron chi connectivity index (χ3n) is 4.42. The van der Waals surface area contributed by atoms with E-state index in [0.717, 1.165) is 20.7 Å². The molecule has 7 heteroatoms. The third kappa shape index (κ3) is 4.71. The molecule has 1 aromatic carbocycles. The second-order valence-electron chi connectivity index (χ2n) is 6.24. The van der Waals surface area contributed by atoms with Crippen molar-refractivity contribution in [3.8, 4) is 10.6 Å². The summed E-state index contributed by atoms with van der Waals surface area (Å²) in [6.45, 7) is 3.42. The van der Waals surface area contributed by atoms with Crippen LogP contribution in [0.3, 0.4) is 0 Å². The molecule has 2 heterocycles. The highest BCUT2D eigenvalue weighted by molar-refractivity contribution is 9.10.